The van der Waals surface area contributed by atoms with Gasteiger partial charge in [0.1, 0.15) is 5.54 Å². The maximum Gasteiger partial charge on any atom is 0.326 e. The van der Waals surface area contributed by atoms with Gasteiger partial charge in [-0.15, -0.1) is 0 Å². The van der Waals surface area contributed by atoms with Crippen molar-refractivity contribution in [2.75, 3.05) is 32.8 Å². The van der Waals surface area contributed by atoms with Gasteiger partial charge in [0.25, 0.3) is 0 Å². The number of ether oxygens (including phenoxy) is 1. The van der Waals surface area contributed by atoms with E-state index in [0.29, 0.717) is 6.61 Å². The second kappa shape index (κ2) is 5.64. The van der Waals surface area contributed by atoms with Gasteiger partial charge in [0.15, 0.2) is 0 Å². The van der Waals surface area contributed by atoms with E-state index in [4.69, 9.17) is 4.74 Å². The standard InChI is InChI=1S/C12H24N2O2/c1-5-16-11(15)12(4,10(2)3)14-8-6-13-7-9-14/h10,13H,5-9H2,1-4H3. The molecule has 0 amide bonds. The van der Waals surface area contributed by atoms with E-state index in [0.717, 1.165) is 26.2 Å². The van der Waals surface area contributed by atoms with Crippen molar-refractivity contribution in [3.05, 3.63) is 0 Å². The molecule has 1 saturated heterocycles. The van der Waals surface area contributed by atoms with Crippen LogP contribution in [0.1, 0.15) is 27.7 Å². The van der Waals surface area contributed by atoms with Crippen molar-refractivity contribution in [2.24, 2.45) is 5.92 Å². The molecule has 94 valence electrons. The van der Waals surface area contributed by atoms with Crippen LogP contribution < -0.4 is 5.32 Å². The fourth-order valence-electron chi connectivity index (χ4n) is 2.14. The molecule has 0 aromatic carbocycles. The number of nitrogens with zero attached hydrogens (tertiary/aromatic N) is 1. The van der Waals surface area contributed by atoms with E-state index in [1.165, 1.54) is 0 Å². The number of piperazine rings is 1. The predicted molar refractivity (Wildman–Crippen MR) is 64.3 cm³/mol. The van der Waals surface area contributed by atoms with Crippen LogP contribution in [0, 0.1) is 5.92 Å². The SMILES string of the molecule is CCOC(=O)C(C)(C(C)C)N1CCNCC1. The summed E-state index contributed by atoms with van der Waals surface area (Å²) in [7, 11) is 0. The van der Waals surface area contributed by atoms with Gasteiger partial charge in [-0.1, -0.05) is 13.8 Å². The van der Waals surface area contributed by atoms with Crippen LogP contribution >= 0.6 is 0 Å². The Bertz CT molecular complexity index is 237. The van der Waals surface area contributed by atoms with Crippen molar-refractivity contribution >= 4 is 5.97 Å². The molecule has 0 radical (unpaired) electrons. The Hall–Kier alpha value is -0.610. The zero-order valence-electron chi connectivity index (χ0n) is 10.9. The Morgan fingerprint density at radius 3 is 2.44 bits per heavy atom. The normalized spacial score (nSPS) is 21.8. The number of hydrogen-bond acceptors (Lipinski definition) is 4. The summed E-state index contributed by atoms with van der Waals surface area (Å²) >= 11 is 0. The molecule has 0 aromatic heterocycles. The van der Waals surface area contributed by atoms with Gasteiger partial charge in [-0.05, 0) is 19.8 Å². The Morgan fingerprint density at radius 2 is 2.00 bits per heavy atom. The Balaban J connectivity index is 2.81. The van der Waals surface area contributed by atoms with E-state index in [9.17, 15) is 4.79 Å². The first-order valence-electron chi connectivity index (χ1n) is 6.16. The van der Waals surface area contributed by atoms with E-state index in [-0.39, 0.29) is 11.9 Å². The summed E-state index contributed by atoms with van der Waals surface area (Å²) in [5.41, 5.74) is -0.488. The first-order chi connectivity index (χ1) is 7.53. The van der Waals surface area contributed by atoms with Crippen molar-refractivity contribution in [3.63, 3.8) is 0 Å². The van der Waals surface area contributed by atoms with Gasteiger partial charge in [-0.25, -0.2) is 0 Å². The van der Waals surface area contributed by atoms with Crippen LogP contribution in [-0.2, 0) is 9.53 Å². The average molecular weight is 228 g/mol. The number of esters is 1. The number of hydrogen-bond donors (Lipinski definition) is 1. The van der Waals surface area contributed by atoms with Crippen molar-refractivity contribution in [1.29, 1.82) is 0 Å². The molecule has 1 fully saturated rings. The Labute approximate surface area is 98.3 Å². The molecule has 1 atom stereocenters. The Morgan fingerprint density at radius 1 is 1.44 bits per heavy atom. The minimum atomic E-state index is -0.488. The number of rotatable bonds is 4. The second-order valence-corrected chi connectivity index (χ2v) is 4.76. The molecule has 0 bridgehead atoms. The zero-order chi connectivity index (χ0) is 12.2. The van der Waals surface area contributed by atoms with Gasteiger partial charge >= 0.3 is 5.97 Å². The number of carbonyl (C=O) groups excluding carboxylic acids is 1. The molecule has 1 aliphatic rings. The monoisotopic (exact) mass is 228 g/mol. The summed E-state index contributed by atoms with van der Waals surface area (Å²) in [6, 6.07) is 0. The van der Waals surface area contributed by atoms with Crippen LogP contribution in [0.15, 0.2) is 0 Å². The smallest absolute Gasteiger partial charge is 0.326 e. The average Bonchev–Trinajstić information content (AvgIpc) is 2.29. The van der Waals surface area contributed by atoms with Gasteiger partial charge in [0.2, 0.25) is 0 Å². The summed E-state index contributed by atoms with van der Waals surface area (Å²) in [4.78, 5) is 14.4. The zero-order valence-corrected chi connectivity index (χ0v) is 10.9. The van der Waals surface area contributed by atoms with Crippen LogP contribution in [0.2, 0.25) is 0 Å². The largest absolute Gasteiger partial charge is 0.465 e. The van der Waals surface area contributed by atoms with Crippen molar-refractivity contribution in [1.82, 2.24) is 10.2 Å². The second-order valence-electron chi connectivity index (χ2n) is 4.76. The molecule has 1 N–H and O–H groups in total. The highest BCUT2D eigenvalue weighted by molar-refractivity contribution is 5.80. The molecule has 1 heterocycles. The molecule has 0 saturated carbocycles. The van der Waals surface area contributed by atoms with Gasteiger partial charge in [0, 0.05) is 26.2 Å². The number of carbonyl (C=O) groups is 1. The van der Waals surface area contributed by atoms with Crippen LogP contribution in [0.5, 0.6) is 0 Å². The van der Waals surface area contributed by atoms with Gasteiger partial charge < -0.3 is 10.1 Å². The third-order valence-electron chi connectivity index (χ3n) is 3.59. The molecule has 1 unspecified atom stereocenters. The van der Waals surface area contributed by atoms with E-state index in [1.54, 1.807) is 0 Å². The molecule has 0 aromatic rings. The van der Waals surface area contributed by atoms with Gasteiger partial charge in [0.05, 0.1) is 6.61 Å². The quantitative estimate of drug-likeness (QED) is 0.725. The number of nitrogens with one attached hydrogen (secondary N) is 1. The van der Waals surface area contributed by atoms with E-state index < -0.39 is 5.54 Å². The maximum atomic E-state index is 12.1. The minimum absolute atomic E-state index is 0.0908. The first kappa shape index (κ1) is 13.5. The highest BCUT2D eigenvalue weighted by Crippen LogP contribution is 2.26. The molecule has 16 heavy (non-hydrogen) atoms. The molecule has 4 nitrogen and oxygen atoms in total. The van der Waals surface area contributed by atoms with Gasteiger partial charge in [-0.3, -0.25) is 9.69 Å². The minimum Gasteiger partial charge on any atom is -0.465 e. The van der Waals surface area contributed by atoms with Crippen molar-refractivity contribution in [2.45, 2.75) is 33.2 Å². The molecule has 0 aliphatic carbocycles. The summed E-state index contributed by atoms with van der Waals surface area (Å²) in [6.07, 6.45) is 0. The predicted octanol–water partition coefficient (Wildman–Crippen LogP) is 0.869. The Kier molecular flexibility index (Phi) is 4.74. The summed E-state index contributed by atoms with van der Waals surface area (Å²) in [5.74, 6) is 0.163. The van der Waals surface area contributed by atoms with E-state index >= 15 is 0 Å². The lowest BCUT2D eigenvalue weighted by molar-refractivity contribution is -0.160. The lowest BCUT2D eigenvalue weighted by Crippen LogP contribution is -2.61. The lowest BCUT2D eigenvalue weighted by atomic mass is 9.86. The molecule has 0 spiro atoms. The van der Waals surface area contributed by atoms with Crippen molar-refractivity contribution < 1.29 is 9.53 Å². The molecule has 4 heteroatoms. The van der Waals surface area contributed by atoms with E-state index in [1.807, 2.05) is 13.8 Å². The summed E-state index contributed by atoms with van der Waals surface area (Å²) in [5, 5.41) is 3.30. The first-order valence-corrected chi connectivity index (χ1v) is 6.16. The van der Waals surface area contributed by atoms with Crippen LogP contribution in [-0.4, -0.2) is 49.2 Å². The third kappa shape index (κ3) is 2.55. The fraction of sp³-hybridized carbons (Fsp3) is 0.917. The fourth-order valence-corrected chi connectivity index (χ4v) is 2.14. The molecular formula is C12H24N2O2. The molecular weight excluding hydrogens is 204 g/mol. The lowest BCUT2D eigenvalue weighted by Gasteiger charge is -2.44. The van der Waals surface area contributed by atoms with Crippen LogP contribution in [0.25, 0.3) is 0 Å². The molecule has 1 rings (SSSR count). The van der Waals surface area contributed by atoms with Crippen LogP contribution in [0.4, 0.5) is 0 Å². The highest BCUT2D eigenvalue weighted by Gasteiger charge is 2.43. The van der Waals surface area contributed by atoms with Gasteiger partial charge in [-0.2, -0.15) is 0 Å². The highest BCUT2D eigenvalue weighted by atomic mass is 16.5. The summed E-state index contributed by atoms with van der Waals surface area (Å²) < 4.78 is 5.22. The van der Waals surface area contributed by atoms with E-state index in [2.05, 4.69) is 24.1 Å². The van der Waals surface area contributed by atoms with Crippen LogP contribution in [0.3, 0.4) is 0 Å². The molecule has 1 aliphatic heterocycles. The summed E-state index contributed by atoms with van der Waals surface area (Å²) in [6.45, 7) is 12.2. The van der Waals surface area contributed by atoms with Crippen molar-refractivity contribution in [3.8, 4) is 0 Å². The third-order valence-corrected chi connectivity index (χ3v) is 3.59. The topological polar surface area (TPSA) is 41.6 Å². The maximum absolute atomic E-state index is 12.1.